The Kier molecular flexibility index (Phi) is 7.63. The summed E-state index contributed by atoms with van der Waals surface area (Å²) in [6.45, 7) is 8.32. The second-order valence-electron chi connectivity index (χ2n) is 8.85. The van der Waals surface area contributed by atoms with E-state index in [2.05, 4.69) is 54.1 Å². The summed E-state index contributed by atoms with van der Waals surface area (Å²) in [6.07, 6.45) is 2.53. The molecule has 1 aromatic heterocycles. The number of hydrogen-bond donors (Lipinski definition) is 1. The van der Waals surface area contributed by atoms with Crippen LogP contribution in [0.25, 0.3) is 11.0 Å². The van der Waals surface area contributed by atoms with Crippen molar-refractivity contribution in [3.05, 3.63) is 94.8 Å². The fraction of sp³-hybridized carbons (Fsp3) is 0.310. The van der Waals surface area contributed by atoms with Gasteiger partial charge in [0.2, 0.25) is 0 Å². The van der Waals surface area contributed by atoms with Crippen molar-refractivity contribution < 1.29 is 9.53 Å². The van der Waals surface area contributed by atoms with Gasteiger partial charge in [0.1, 0.15) is 11.6 Å². The molecule has 0 aliphatic heterocycles. The van der Waals surface area contributed by atoms with Crippen LogP contribution in [0, 0.1) is 20.8 Å². The summed E-state index contributed by atoms with van der Waals surface area (Å²) in [5, 5.41) is 3.03. The maximum atomic E-state index is 12.4. The number of aryl methyl sites for hydroxylation is 5. The summed E-state index contributed by atoms with van der Waals surface area (Å²) in [7, 11) is 0. The van der Waals surface area contributed by atoms with Crippen LogP contribution in [0.1, 0.15) is 45.7 Å². The lowest BCUT2D eigenvalue weighted by Gasteiger charge is -2.12. The maximum absolute atomic E-state index is 12.4. The molecule has 0 aliphatic carbocycles. The number of carbonyl (C=O) groups excluding carboxylic acids is 1. The Labute approximate surface area is 201 Å². The van der Waals surface area contributed by atoms with E-state index in [4.69, 9.17) is 9.72 Å². The van der Waals surface area contributed by atoms with E-state index < -0.39 is 0 Å². The Bertz CT molecular complexity index is 1280. The molecule has 1 N–H and O–H groups in total. The van der Waals surface area contributed by atoms with Crippen LogP contribution in [0.15, 0.2) is 66.7 Å². The van der Waals surface area contributed by atoms with E-state index in [0.717, 1.165) is 54.0 Å². The van der Waals surface area contributed by atoms with Crippen molar-refractivity contribution in [1.29, 1.82) is 0 Å². The van der Waals surface area contributed by atoms with Gasteiger partial charge in [-0.25, -0.2) is 4.98 Å². The predicted molar refractivity (Wildman–Crippen MR) is 138 cm³/mol. The Hall–Kier alpha value is -3.60. The SMILES string of the molecule is Cc1cccc(C(=O)NCCCc2nc3ccccc3n2CCCOc2ccc(C)c(C)c2)c1. The lowest BCUT2D eigenvalue weighted by Crippen LogP contribution is -2.25. The zero-order chi connectivity index (χ0) is 23.9. The van der Waals surface area contributed by atoms with Crippen LogP contribution in [-0.2, 0) is 13.0 Å². The van der Waals surface area contributed by atoms with E-state index in [1.165, 1.54) is 11.1 Å². The zero-order valence-electron chi connectivity index (χ0n) is 20.3. The highest BCUT2D eigenvalue weighted by molar-refractivity contribution is 5.94. The minimum Gasteiger partial charge on any atom is -0.494 e. The van der Waals surface area contributed by atoms with Gasteiger partial charge in [-0.1, -0.05) is 35.9 Å². The topological polar surface area (TPSA) is 56.2 Å². The van der Waals surface area contributed by atoms with Gasteiger partial charge in [0, 0.05) is 25.1 Å². The highest BCUT2D eigenvalue weighted by atomic mass is 16.5. The first-order valence-electron chi connectivity index (χ1n) is 12.0. The minimum absolute atomic E-state index is 0.0271. The molecular weight excluding hydrogens is 422 g/mol. The number of fused-ring (bicyclic) bond motifs is 1. The third kappa shape index (κ3) is 5.84. The van der Waals surface area contributed by atoms with Crippen LogP contribution >= 0.6 is 0 Å². The Morgan fingerprint density at radius 1 is 0.941 bits per heavy atom. The Morgan fingerprint density at radius 2 is 1.79 bits per heavy atom. The molecule has 4 rings (SSSR count). The molecule has 4 aromatic rings. The van der Waals surface area contributed by atoms with E-state index in [9.17, 15) is 4.79 Å². The molecular formula is C29H33N3O2. The standard InChI is InChI=1S/C29H33N3O2/c1-21-9-6-10-24(19-21)29(33)30-16-7-13-28-31-26-11-4-5-12-27(26)32(28)17-8-18-34-25-15-14-22(2)23(3)20-25/h4-6,9-12,14-15,19-20H,7-8,13,16-18H2,1-3H3,(H,30,33). The molecule has 34 heavy (non-hydrogen) atoms. The molecule has 5 heteroatoms. The lowest BCUT2D eigenvalue weighted by atomic mass is 10.1. The second-order valence-corrected chi connectivity index (χ2v) is 8.85. The summed E-state index contributed by atoms with van der Waals surface area (Å²) in [5.41, 5.74) is 6.47. The molecule has 3 aromatic carbocycles. The largest absolute Gasteiger partial charge is 0.494 e. The summed E-state index contributed by atoms with van der Waals surface area (Å²) in [4.78, 5) is 17.3. The molecule has 0 atom stereocenters. The molecule has 0 fully saturated rings. The number of nitrogens with one attached hydrogen (secondary N) is 1. The molecule has 0 radical (unpaired) electrons. The van der Waals surface area contributed by atoms with E-state index in [0.29, 0.717) is 18.7 Å². The van der Waals surface area contributed by atoms with Gasteiger partial charge >= 0.3 is 0 Å². The van der Waals surface area contributed by atoms with Gasteiger partial charge in [-0.15, -0.1) is 0 Å². The summed E-state index contributed by atoms with van der Waals surface area (Å²) >= 11 is 0. The zero-order valence-corrected chi connectivity index (χ0v) is 20.3. The van der Waals surface area contributed by atoms with E-state index >= 15 is 0 Å². The molecule has 176 valence electrons. The number of nitrogens with zero attached hydrogens (tertiary/aromatic N) is 2. The molecule has 0 unspecified atom stereocenters. The van der Waals surface area contributed by atoms with Crippen molar-refractivity contribution in [3.63, 3.8) is 0 Å². The molecule has 1 amide bonds. The average Bonchev–Trinajstić information content (AvgIpc) is 3.19. The van der Waals surface area contributed by atoms with Gasteiger partial charge in [0.15, 0.2) is 0 Å². The third-order valence-corrected chi connectivity index (χ3v) is 6.15. The number of hydrogen-bond acceptors (Lipinski definition) is 3. The van der Waals surface area contributed by atoms with Gasteiger partial charge in [0.25, 0.3) is 5.91 Å². The number of aromatic nitrogens is 2. The first-order chi connectivity index (χ1) is 16.5. The molecule has 0 saturated heterocycles. The van der Waals surface area contributed by atoms with Gasteiger partial charge in [0.05, 0.1) is 17.6 Å². The summed E-state index contributed by atoms with van der Waals surface area (Å²) < 4.78 is 8.28. The van der Waals surface area contributed by atoms with Crippen molar-refractivity contribution in [2.75, 3.05) is 13.2 Å². The van der Waals surface area contributed by atoms with E-state index in [-0.39, 0.29) is 5.91 Å². The van der Waals surface area contributed by atoms with Crippen molar-refractivity contribution in [2.45, 2.75) is 46.6 Å². The molecule has 1 heterocycles. The molecule has 5 nitrogen and oxygen atoms in total. The molecule has 0 aliphatic rings. The quantitative estimate of drug-likeness (QED) is 0.308. The first-order valence-corrected chi connectivity index (χ1v) is 12.0. The van der Waals surface area contributed by atoms with Crippen LogP contribution in [0.5, 0.6) is 5.75 Å². The van der Waals surface area contributed by atoms with Crippen molar-refractivity contribution in [1.82, 2.24) is 14.9 Å². The van der Waals surface area contributed by atoms with Gasteiger partial charge in [-0.3, -0.25) is 4.79 Å². The predicted octanol–water partition coefficient (Wildman–Crippen LogP) is 5.79. The van der Waals surface area contributed by atoms with Crippen LogP contribution in [0.4, 0.5) is 0 Å². The molecule has 0 saturated carbocycles. The highest BCUT2D eigenvalue weighted by Gasteiger charge is 2.11. The van der Waals surface area contributed by atoms with Crippen molar-refractivity contribution >= 4 is 16.9 Å². The minimum atomic E-state index is -0.0271. The molecule has 0 bridgehead atoms. The van der Waals surface area contributed by atoms with Gasteiger partial charge in [-0.05, 0) is 81.1 Å². The number of ether oxygens (including phenoxy) is 1. The van der Waals surface area contributed by atoms with Crippen molar-refractivity contribution in [3.8, 4) is 5.75 Å². The number of amides is 1. The smallest absolute Gasteiger partial charge is 0.251 e. The lowest BCUT2D eigenvalue weighted by molar-refractivity contribution is 0.0953. The van der Waals surface area contributed by atoms with E-state index in [1.54, 1.807) is 0 Å². The average molecular weight is 456 g/mol. The fourth-order valence-corrected chi connectivity index (χ4v) is 4.12. The molecule has 0 spiro atoms. The number of imidazole rings is 1. The number of rotatable bonds is 10. The highest BCUT2D eigenvalue weighted by Crippen LogP contribution is 2.19. The second kappa shape index (κ2) is 11.0. The van der Waals surface area contributed by atoms with Crippen LogP contribution in [0.2, 0.25) is 0 Å². The monoisotopic (exact) mass is 455 g/mol. The maximum Gasteiger partial charge on any atom is 0.251 e. The van der Waals surface area contributed by atoms with Crippen LogP contribution in [0.3, 0.4) is 0 Å². The third-order valence-electron chi connectivity index (χ3n) is 6.15. The van der Waals surface area contributed by atoms with E-state index in [1.807, 2.05) is 43.3 Å². The summed E-state index contributed by atoms with van der Waals surface area (Å²) in [5.74, 6) is 1.95. The number of carbonyl (C=O) groups is 1. The van der Waals surface area contributed by atoms with Gasteiger partial charge < -0.3 is 14.6 Å². The first kappa shape index (κ1) is 23.6. The van der Waals surface area contributed by atoms with Crippen LogP contribution < -0.4 is 10.1 Å². The Balaban J connectivity index is 1.33. The van der Waals surface area contributed by atoms with Gasteiger partial charge in [-0.2, -0.15) is 0 Å². The van der Waals surface area contributed by atoms with Crippen molar-refractivity contribution in [2.24, 2.45) is 0 Å². The normalized spacial score (nSPS) is 11.0. The fourth-order valence-electron chi connectivity index (χ4n) is 4.12. The summed E-state index contributed by atoms with van der Waals surface area (Å²) in [6, 6.07) is 22.1. The Morgan fingerprint density at radius 3 is 2.62 bits per heavy atom. The number of benzene rings is 3. The van der Waals surface area contributed by atoms with Crippen LogP contribution in [-0.4, -0.2) is 28.6 Å². The number of para-hydroxylation sites is 2.